The van der Waals surface area contributed by atoms with Gasteiger partial charge in [-0.2, -0.15) is 0 Å². The molecule has 0 rings (SSSR count). The fourth-order valence-electron chi connectivity index (χ4n) is 0.912. The molecule has 0 radical (unpaired) electrons. The molecule has 5 heteroatoms. The fraction of sp³-hybridized carbons (Fsp3) is 1.00. The zero-order chi connectivity index (χ0) is 11.4. The standard InChI is InChI=1S/C7H18O3Si.C2H8Si/c1-5-8-11(4,9-6-2)10-7-3;1-3-2/h5-7H2,1-4H3;3H2,1-2H3. The SMILES string of the molecule is CCO[Si](C)(OCC)OCC.C[SiH2]C. The van der Waals surface area contributed by atoms with E-state index in [0.717, 1.165) is 0 Å². The van der Waals surface area contributed by atoms with E-state index in [0.29, 0.717) is 29.3 Å². The molecule has 0 N–H and O–H groups in total. The molecule has 0 heterocycles. The van der Waals surface area contributed by atoms with Crippen LogP contribution >= 0.6 is 0 Å². The summed E-state index contributed by atoms with van der Waals surface area (Å²) in [4.78, 5) is 0. The maximum atomic E-state index is 5.40. The van der Waals surface area contributed by atoms with Crippen molar-refractivity contribution in [3.05, 3.63) is 0 Å². The zero-order valence-corrected chi connectivity index (χ0v) is 13.0. The number of hydrogen-bond donors (Lipinski definition) is 0. The first kappa shape index (κ1) is 16.7. The molecule has 0 fully saturated rings. The Morgan fingerprint density at radius 1 is 0.857 bits per heavy atom. The molecule has 14 heavy (non-hydrogen) atoms. The van der Waals surface area contributed by atoms with Crippen molar-refractivity contribution in [3.8, 4) is 0 Å². The minimum absolute atomic E-state index is 0.417. The summed E-state index contributed by atoms with van der Waals surface area (Å²) < 4.78 is 16.2. The number of rotatable bonds is 6. The van der Waals surface area contributed by atoms with Crippen molar-refractivity contribution in [2.45, 2.75) is 40.4 Å². The van der Waals surface area contributed by atoms with E-state index in [9.17, 15) is 0 Å². The third kappa shape index (κ3) is 10.4. The van der Waals surface area contributed by atoms with Crippen molar-refractivity contribution in [1.82, 2.24) is 0 Å². The Labute approximate surface area is 92.3 Å². The molecule has 0 aromatic rings. The lowest BCUT2D eigenvalue weighted by Gasteiger charge is -2.23. The van der Waals surface area contributed by atoms with Crippen LogP contribution in [0.2, 0.25) is 19.6 Å². The molecule has 0 amide bonds. The Kier molecular flexibility index (Phi) is 13.6. The van der Waals surface area contributed by atoms with Crippen LogP contribution in [0.3, 0.4) is 0 Å². The molecule has 0 aliphatic rings. The maximum Gasteiger partial charge on any atom is 0.497 e. The van der Waals surface area contributed by atoms with Gasteiger partial charge in [0.05, 0.1) is 0 Å². The highest BCUT2D eigenvalue weighted by Crippen LogP contribution is 2.08. The zero-order valence-electron chi connectivity index (χ0n) is 10.6. The van der Waals surface area contributed by atoms with Crippen molar-refractivity contribution in [3.63, 3.8) is 0 Å². The molecule has 0 atom stereocenters. The van der Waals surface area contributed by atoms with Gasteiger partial charge in [0.2, 0.25) is 0 Å². The molecular weight excluding hydrogens is 212 g/mol. The minimum Gasteiger partial charge on any atom is -0.374 e. The summed E-state index contributed by atoms with van der Waals surface area (Å²) in [7, 11) is -1.83. The van der Waals surface area contributed by atoms with Crippen molar-refractivity contribution in [2.75, 3.05) is 19.8 Å². The molecule has 88 valence electrons. The minimum atomic E-state index is -2.25. The van der Waals surface area contributed by atoms with Gasteiger partial charge >= 0.3 is 8.80 Å². The van der Waals surface area contributed by atoms with Crippen LogP contribution in [0.15, 0.2) is 0 Å². The van der Waals surface area contributed by atoms with Crippen molar-refractivity contribution in [1.29, 1.82) is 0 Å². The van der Waals surface area contributed by atoms with Gasteiger partial charge in [-0.15, -0.1) is 0 Å². The molecule has 0 aromatic heterocycles. The molecule has 0 unspecified atom stereocenters. The van der Waals surface area contributed by atoms with Crippen LogP contribution in [0.4, 0.5) is 0 Å². The normalized spacial score (nSPS) is 10.7. The molecule has 0 aliphatic carbocycles. The Hall–Kier alpha value is 0.314. The van der Waals surface area contributed by atoms with Gasteiger partial charge < -0.3 is 13.3 Å². The van der Waals surface area contributed by atoms with Crippen molar-refractivity contribution >= 4 is 18.3 Å². The van der Waals surface area contributed by atoms with Crippen LogP contribution in [-0.4, -0.2) is 38.1 Å². The molecule has 0 aromatic carbocycles. The van der Waals surface area contributed by atoms with E-state index in [1.54, 1.807) is 0 Å². The summed E-state index contributed by atoms with van der Waals surface area (Å²) in [6, 6.07) is 0. The van der Waals surface area contributed by atoms with Gasteiger partial charge in [-0.25, -0.2) is 0 Å². The molecular formula is C9H26O3Si2. The third-order valence-corrected chi connectivity index (χ3v) is 3.66. The lowest BCUT2D eigenvalue weighted by atomic mass is 10.9. The highest BCUT2D eigenvalue weighted by atomic mass is 28.4. The summed E-state index contributed by atoms with van der Waals surface area (Å²) >= 11 is 0. The summed E-state index contributed by atoms with van der Waals surface area (Å²) in [6.45, 7) is 14.3. The van der Waals surface area contributed by atoms with E-state index in [2.05, 4.69) is 13.1 Å². The molecule has 0 saturated heterocycles. The lowest BCUT2D eigenvalue weighted by molar-refractivity contribution is 0.0783. The lowest BCUT2D eigenvalue weighted by Crippen LogP contribution is -2.42. The Balaban J connectivity index is 0. The van der Waals surface area contributed by atoms with Gasteiger partial charge in [0.1, 0.15) is 0 Å². The van der Waals surface area contributed by atoms with Crippen LogP contribution in [0.25, 0.3) is 0 Å². The Bertz CT molecular complexity index is 95.2. The van der Waals surface area contributed by atoms with E-state index >= 15 is 0 Å². The molecule has 0 spiro atoms. The van der Waals surface area contributed by atoms with Crippen molar-refractivity contribution < 1.29 is 13.3 Å². The summed E-state index contributed by atoms with van der Waals surface area (Å²) in [5.41, 5.74) is 0. The fourth-order valence-corrected chi connectivity index (χ4v) is 2.73. The Morgan fingerprint density at radius 2 is 1.07 bits per heavy atom. The third-order valence-electron chi connectivity index (χ3n) is 1.22. The van der Waals surface area contributed by atoms with E-state index in [1.807, 2.05) is 27.3 Å². The highest BCUT2D eigenvalue weighted by Gasteiger charge is 2.32. The van der Waals surface area contributed by atoms with Gasteiger partial charge in [0.15, 0.2) is 0 Å². The van der Waals surface area contributed by atoms with E-state index in [-0.39, 0.29) is 0 Å². The van der Waals surface area contributed by atoms with Crippen molar-refractivity contribution in [2.24, 2.45) is 0 Å². The first-order valence-corrected chi connectivity index (χ1v) is 10.6. The molecule has 0 saturated carbocycles. The summed E-state index contributed by atoms with van der Waals surface area (Å²) in [6.07, 6.45) is 0. The van der Waals surface area contributed by atoms with Gasteiger partial charge in [-0.05, 0) is 20.8 Å². The maximum absolute atomic E-state index is 5.40. The first-order valence-electron chi connectivity index (χ1n) is 5.51. The second-order valence-corrected chi connectivity index (χ2v) is 6.87. The second kappa shape index (κ2) is 11.4. The van der Waals surface area contributed by atoms with Gasteiger partial charge in [-0.1, -0.05) is 13.1 Å². The largest absolute Gasteiger partial charge is 0.497 e. The summed E-state index contributed by atoms with van der Waals surface area (Å²) in [5, 5.41) is 0. The van der Waals surface area contributed by atoms with Gasteiger partial charge in [0.25, 0.3) is 0 Å². The van der Waals surface area contributed by atoms with Gasteiger partial charge in [-0.3, -0.25) is 0 Å². The molecule has 3 nitrogen and oxygen atoms in total. The van der Waals surface area contributed by atoms with Crippen LogP contribution in [0.5, 0.6) is 0 Å². The average molecular weight is 238 g/mol. The summed E-state index contributed by atoms with van der Waals surface area (Å²) in [5.74, 6) is 0. The first-order chi connectivity index (χ1) is 6.60. The van der Waals surface area contributed by atoms with E-state index in [4.69, 9.17) is 13.3 Å². The van der Waals surface area contributed by atoms with Crippen LogP contribution < -0.4 is 0 Å². The van der Waals surface area contributed by atoms with Gasteiger partial charge in [0, 0.05) is 35.9 Å². The average Bonchev–Trinajstić information content (AvgIpc) is 2.06. The highest BCUT2D eigenvalue weighted by molar-refractivity contribution is 6.59. The van der Waals surface area contributed by atoms with E-state index < -0.39 is 8.80 Å². The van der Waals surface area contributed by atoms with Crippen LogP contribution in [-0.2, 0) is 13.3 Å². The quantitative estimate of drug-likeness (QED) is 0.662. The smallest absolute Gasteiger partial charge is 0.374 e. The number of hydrogen-bond acceptors (Lipinski definition) is 3. The van der Waals surface area contributed by atoms with Crippen LogP contribution in [0.1, 0.15) is 20.8 Å². The topological polar surface area (TPSA) is 27.7 Å². The predicted octanol–water partition coefficient (Wildman–Crippen LogP) is 1.92. The van der Waals surface area contributed by atoms with Crippen LogP contribution in [0, 0.1) is 0 Å². The molecule has 0 bridgehead atoms. The second-order valence-electron chi connectivity index (χ2n) is 2.87. The monoisotopic (exact) mass is 238 g/mol. The predicted molar refractivity (Wildman–Crippen MR) is 66.8 cm³/mol. The van der Waals surface area contributed by atoms with E-state index in [1.165, 1.54) is 0 Å². The Morgan fingerprint density at radius 3 is 1.21 bits per heavy atom. The molecule has 0 aliphatic heterocycles.